The summed E-state index contributed by atoms with van der Waals surface area (Å²) in [5, 5.41) is 6.13. The van der Waals surface area contributed by atoms with E-state index in [2.05, 4.69) is 10.6 Å². The Balaban J connectivity index is 0.00000338. The van der Waals surface area contributed by atoms with E-state index in [1.165, 1.54) is 24.0 Å². The van der Waals surface area contributed by atoms with E-state index in [1.54, 1.807) is 13.1 Å². The Morgan fingerprint density at radius 3 is 2.85 bits per heavy atom. The maximum absolute atomic E-state index is 13.8. The van der Waals surface area contributed by atoms with Crippen LogP contribution in [-0.2, 0) is 14.3 Å². The number of hydrogen-bond acceptors (Lipinski definition) is 4. The molecule has 146 valence electrons. The summed E-state index contributed by atoms with van der Waals surface area (Å²) in [5.74, 6) is -0.993. The molecule has 2 amide bonds. The maximum atomic E-state index is 13.8. The lowest BCUT2D eigenvalue weighted by molar-refractivity contribution is -0.133. The van der Waals surface area contributed by atoms with E-state index in [0.717, 1.165) is 0 Å². The Morgan fingerprint density at radius 2 is 2.19 bits per heavy atom. The van der Waals surface area contributed by atoms with E-state index in [1.807, 2.05) is 0 Å². The minimum Gasteiger partial charge on any atom is -0.372 e. The van der Waals surface area contributed by atoms with Gasteiger partial charge < -0.3 is 20.3 Å². The predicted molar refractivity (Wildman–Crippen MR) is 100 cm³/mol. The van der Waals surface area contributed by atoms with Crippen LogP contribution in [0, 0.1) is 11.7 Å². The Morgan fingerprint density at radius 1 is 1.46 bits per heavy atom. The molecule has 0 aliphatic carbocycles. The van der Waals surface area contributed by atoms with Gasteiger partial charge in [-0.05, 0) is 17.7 Å². The lowest BCUT2D eigenvalue weighted by Crippen LogP contribution is -2.41. The first-order chi connectivity index (χ1) is 11.9. The van der Waals surface area contributed by atoms with E-state index in [9.17, 15) is 14.0 Å². The van der Waals surface area contributed by atoms with E-state index >= 15 is 0 Å². The first-order valence-electron chi connectivity index (χ1n) is 8.14. The fraction of sp³-hybridized carbons (Fsp3) is 0.529. The van der Waals surface area contributed by atoms with Crippen LogP contribution in [0.1, 0.15) is 18.6 Å². The zero-order chi connectivity index (χ0) is 18.4. The number of benzene rings is 1. The molecule has 0 bridgehead atoms. The highest BCUT2D eigenvalue weighted by Gasteiger charge is 2.27. The molecule has 1 aromatic carbocycles. The van der Waals surface area contributed by atoms with Crippen molar-refractivity contribution in [2.75, 3.05) is 39.8 Å². The molecule has 9 heteroatoms. The van der Waals surface area contributed by atoms with Gasteiger partial charge in [0.15, 0.2) is 0 Å². The van der Waals surface area contributed by atoms with Crippen molar-refractivity contribution in [2.45, 2.75) is 13.0 Å². The Kier molecular flexibility index (Phi) is 9.29. The molecule has 26 heavy (non-hydrogen) atoms. The van der Waals surface area contributed by atoms with Gasteiger partial charge in [-0.1, -0.05) is 17.7 Å². The number of carbonyl (C=O) groups excluding carboxylic acids is 2. The fourth-order valence-corrected chi connectivity index (χ4v) is 2.77. The number of amides is 2. The van der Waals surface area contributed by atoms with Crippen molar-refractivity contribution in [3.63, 3.8) is 0 Å². The molecule has 2 rings (SSSR count). The number of hydrogen-bond donors (Lipinski definition) is 2. The zero-order valence-electron chi connectivity index (χ0n) is 14.8. The second kappa shape index (κ2) is 10.7. The van der Waals surface area contributed by atoms with Crippen molar-refractivity contribution in [2.24, 2.45) is 5.92 Å². The van der Waals surface area contributed by atoms with Crippen LogP contribution in [0.15, 0.2) is 18.2 Å². The molecule has 0 spiro atoms. The third kappa shape index (κ3) is 6.39. The number of nitrogens with one attached hydrogen (secondary N) is 2. The van der Waals surface area contributed by atoms with Crippen LogP contribution in [0.3, 0.4) is 0 Å². The molecule has 1 saturated heterocycles. The topological polar surface area (TPSA) is 70.7 Å². The SMILES string of the molecule is CC(=O)N(C)CC(=O)NC[C@@H]1CNCCO[C@H]1c1ccc(Cl)c(F)c1.Cl. The van der Waals surface area contributed by atoms with Crippen molar-refractivity contribution in [3.8, 4) is 0 Å². The van der Waals surface area contributed by atoms with Crippen LogP contribution in [0.2, 0.25) is 5.02 Å². The molecule has 1 heterocycles. The van der Waals surface area contributed by atoms with Crippen molar-refractivity contribution < 1.29 is 18.7 Å². The van der Waals surface area contributed by atoms with Gasteiger partial charge in [0, 0.05) is 39.5 Å². The highest BCUT2D eigenvalue weighted by molar-refractivity contribution is 6.30. The van der Waals surface area contributed by atoms with Gasteiger partial charge in [0.2, 0.25) is 11.8 Å². The molecule has 0 unspecified atom stereocenters. The summed E-state index contributed by atoms with van der Waals surface area (Å²) < 4.78 is 19.6. The molecule has 1 aromatic rings. The predicted octanol–water partition coefficient (Wildman–Crippen LogP) is 1.77. The standard InChI is InChI=1S/C17H23ClFN3O3.ClH/c1-11(23)22(2)10-16(24)21-9-13-8-20-5-6-25-17(13)12-3-4-14(18)15(19)7-12;/h3-4,7,13,17,20H,5-6,8-10H2,1-2H3,(H,21,24);1H/t13-,17-;/m0./s1. The first kappa shape index (κ1) is 22.6. The maximum Gasteiger partial charge on any atom is 0.239 e. The van der Waals surface area contributed by atoms with E-state index in [0.29, 0.717) is 31.8 Å². The molecular weight excluding hydrogens is 384 g/mol. The van der Waals surface area contributed by atoms with Gasteiger partial charge in [0.05, 0.1) is 24.3 Å². The van der Waals surface area contributed by atoms with E-state index in [4.69, 9.17) is 16.3 Å². The normalized spacial score (nSPS) is 19.8. The average molecular weight is 408 g/mol. The Bertz CT molecular complexity index is 633. The third-order valence-corrected chi connectivity index (χ3v) is 4.47. The summed E-state index contributed by atoms with van der Waals surface area (Å²) >= 11 is 5.75. The van der Waals surface area contributed by atoms with Crippen molar-refractivity contribution in [1.29, 1.82) is 0 Å². The zero-order valence-corrected chi connectivity index (χ0v) is 16.3. The molecule has 0 saturated carbocycles. The molecule has 2 N–H and O–H groups in total. The van der Waals surface area contributed by atoms with E-state index < -0.39 is 5.82 Å². The summed E-state index contributed by atoms with van der Waals surface area (Å²) in [6.07, 6.45) is -0.354. The number of rotatable bonds is 5. The van der Waals surface area contributed by atoms with Gasteiger partial charge >= 0.3 is 0 Å². The van der Waals surface area contributed by atoms with Crippen molar-refractivity contribution in [1.82, 2.24) is 15.5 Å². The van der Waals surface area contributed by atoms with Gasteiger partial charge in [-0.15, -0.1) is 12.4 Å². The minimum atomic E-state index is -0.495. The molecule has 1 aliphatic heterocycles. The van der Waals surface area contributed by atoms with Crippen LogP contribution in [0.4, 0.5) is 4.39 Å². The second-order valence-corrected chi connectivity index (χ2v) is 6.52. The van der Waals surface area contributed by atoms with Gasteiger partial charge in [-0.2, -0.15) is 0 Å². The molecule has 2 atom stereocenters. The fourth-order valence-electron chi connectivity index (χ4n) is 2.65. The summed E-state index contributed by atoms with van der Waals surface area (Å²) in [6, 6.07) is 4.61. The number of carbonyl (C=O) groups is 2. The Labute approximate surface area is 163 Å². The van der Waals surface area contributed by atoms with Crippen LogP contribution in [0.25, 0.3) is 0 Å². The molecule has 0 aromatic heterocycles. The third-order valence-electron chi connectivity index (χ3n) is 4.16. The van der Waals surface area contributed by atoms with E-state index in [-0.39, 0.29) is 47.8 Å². The van der Waals surface area contributed by atoms with Gasteiger partial charge in [0.1, 0.15) is 5.82 Å². The first-order valence-corrected chi connectivity index (χ1v) is 8.52. The summed E-state index contributed by atoms with van der Waals surface area (Å²) in [7, 11) is 1.57. The second-order valence-electron chi connectivity index (χ2n) is 6.11. The number of ether oxygens (including phenoxy) is 1. The Hall–Kier alpha value is -1.41. The largest absolute Gasteiger partial charge is 0.372 e. The average Bonchev–Trinajstić information content (AvgIpc) is 2.80. The van der Waals surface area contributed by atoms with Crippen LogP contribution >= 0.6 is 24.0 Å². The van der Waals surface area contributed by atoms with Crippen molar-refractivity contribution >= 4 is 35.8 Å². The monoisotopic (exact) mass is 407 g/mol. The quantitative estimate of drug-likeness (QED) is 0.780. The van der Waals surface area contributed by atoms with Crippen LogP contribution in [0.5, 0.6) is 0 Å². The highest BCUT2D eigenvalue weighted by atomic mass is 35.5. The molecular formula is C17H24Cl2FN3O3. The van der Waals surface area contributed by atoms with Gasteiger partial charge in [0.25, 0.3) is 0 Å². The molecule has 6 nitrogen and oxygen atoms in total. The molecule has 0 radical (unpaired) electrons. The highest BCUT2D eigenvalue weighted by Crippen LogP contribution is 2.29. The summed E-state index contributed by atoms with van der Waals surface area (Å²) in [6.45, 7) is 3.55. The smallest absolute Gasteiger partial charge is 0.239 e. The minimum absolute atomic E-state index is 0. The van der Waals surface area contributed by atoms with Crippen molar-refractivity contribution in [3.05, 3.63) is 34.6 Å². The molecule has 1 aliphatic rings. The number of likely N-dealkylation sites (N-methyl/N-ethyl adjacent to an activating group) is 1. The summed E-state index contributed by atoms with van der Waals surface area (Å²) in [4.78, 5) is 24.5. The van der Waals surface area contributed by atoms with Crippen LogP contribution < -0.4 is 10.6 Å². The van der Waals surface area contributed by atoms with Gasteiger partial charge in [-0.25, -0.2) is 4.39 Å². The molecule has 1 fully saturated rings. The summed E-state index contributed by atoms with van der Waals surface area (Å²) in [5.41, 5.74) is 0.686. The lowest BCUT2D eigenvalue weighted by atomic mass is 9.95. The van der Waals surface area contributed by atoms with Gasteiger partial charge in [-0.3, -0.25) is 9.59 Å². The van der Waals surface area contributed by atoms with Crippen LogP contribution in [-0.4, -0.2) is 56.5 Å². The number of halogens is 3. The lowest BCUT2D eigenvalue weighted by Gasteiger charge is -2.26. The number of nitrogens with zero attached hydrogens (tertiary/aromatic N) is 1.